The summed E-state index contributed by atoms with van der Waals surface area (Å²) in [6.45, 7) is 5.41. The third-order valence-corrected chi connectivity index (χ3v) is 3.12. The van der Waals surface area contributed by atoms with Gasteiger partial charge in [0.25, 0.3) is 0 Å². The molecule has 5 heteroatoms. The maximum absolute atomic E-state index is 11.9. The van der Waals surface area contributed by atoms with Crippen molar-refractivity contribution in [3.8, 4) is 6.07 Å². The van der Waals surface area contributed by atoms with E-state index in [0.29, 0.717) is 11.1 Å². The summed E-state index contributed by atoms with van der Waals surface area (Å²) >= 11 is 1.23. The van der Waals surface area contributed by atoms with Crippen molar-refractivity contribution < 1.29 is 14.3 Å². The molecule has 0 spiro atoms. The fourth-order valence-electron chi connectivity index (χ4n) is 1.41. The first-order valence-electron chi connectivity index (χ1n) is 6.15. The molecule has 0 amide bonds. The molecule has 106 valence electrons. The molecule has 0 fully saturated rings. The number of rotatable bonds is 5. The standard InChI is InChI=1S/C15H17NO3S/c1-15(2,3)19-14(18)10-20-9-13(17)12-6-4-11(8-16)5-7-12/h4-7H,9-10H2,1-3H3. The quantitative estimate of drug-likeness (QED) is 0.616. The summed E-state index contributed by atoms with van der Waals surface area (Å²) in [5.74, 6) is -0.0251. The molecular formula is C15H17NO3S. The molecular weight excluding hydrogens is 274 g/mol. The predicted molar refractivity (Wildman–Crippen MR) is 78.7 cm³/mol. The van der Waals surface area contributed by atoms with Crippen LogP contribution in [0.15, 0.2) is 24.3 Å². The van der Waals surface area contributed by atoms with Crippen LogP contribution in [0.2, 0.25) is 0 Å². The first-order chi connectivity index (χ1) is 9.31. The molecule has 0 unspecified atom stereocenters. The number of esters is 1. The summed E-state index contributed by atoms with van der Waals surface area (Å²) in [5, 5.41) is 8.67. The minimum absolute atomic E-state index is 0.0666. The topological polar surface area (TPSA) is 67.2 Å². The SMILES string of the molecule is CC(C)(C)OC(=O)CSCC(=O)c1ccc(C#N)cc1. The number of hydrogen-bond donors (Lipinski definition) is 0. The van der Waals surface area contributed by atoms with Crippen LogP contribution in [0.3, 0.4) is 0 Å². The van der Waals surface area contributed by atoms with Crippen LogP contribution in [0.5, 0.6) is 0 Å². The molecule has 0 aliphatic carbocycles. The third kappa shape index (κ3) is 5.89. The number of nitriles is 1. The van der Waals surface area contributed by atoms with E-state index in [-0.39, 0.29) is 23.3 Å². The van der Waals surface area contributed by atoms with Gasteiger partial charge < -0.3 is 4.74 Å². The van der Waals surface area contributed by atoms with E-state index in [1.807, 2.05) is 6.07 Å². The Morgan fingerprint density at radius 2 is 1.80 bits per heavy atom. The lowest BCUT2D eigenvalue weighted by Crippen LogP contribution is -2.25. The number of ketones is 1. The van der Waals surface area contributed by atoms with E-state index in [2.05, 4.69) is 0 Å². The van der Waals surface area contributed by atoms with Crippen LogP contribution in [-0.4, -0.2) is 28.9 Å². The largest absolute Gasteiger partial charge is 0.459 e. The van der Waals surface area contributed by atoms with Crippen molar-refractivity contribution in [2.45, 2.75) is 26.4 Å². The van der Waals surface area contributed by atoms with Gasteiger partial charge in [-0.2, -0.15) is 5.26 Å². The highest BCUT2D eigenvalue weighted by Gasteiger charge is 2.16. The maximum Gasteiger partial charge on any atom is 0.316 e. The van der Waals surface area contributed by atoms with Gasteiger partial charge in [-0.3, -0.25) is 9.59 Å². The minimum atomic E-state index is -0.505. The molecule has 1 aromatic rings. The molecule has 0 aromatic heterocycles. The molecule has 0 heterocycles. The van der Waals surface area contributed by atoms with Gasteiger partial charge in [-0.25, -0.2) is 0 Å². The molecule has 0 saturated heterocycles. The second-order valence-corrected chi connectivity index (χ2v) is 6.18. The minimum Gasteiger partial charge on any atom is -0.459 e. The van der Waals surface area contributed by atoms with Gasteiger partial charge in [0.15, 0.2) is 5.78 Å². The second-order valence-electron chi connectivity index (χ2n) is 5.19. The summed E-state index contributed by atoms with van der Waals surface area (Å²) in [5.41, 5.74) is 0.554. The Labute approximate surface area is 123 Å². The lowest BCUT2D eigenvalue weighted by Gasteiger charge is -2.19. The second kappa shape index (κ2) is 7.11. The van der Waals surface area contributed by atoms with E-state index in [1.54, 1.807) is 45.0 Å². The lowest BCUT2D eigenvalue weighted by atomic mass is 10.1. The van der Waals surface area contributed by atoms with E-state index in [0.717, 1.165) is 0 Å². The number of carbonyl (C=O) groups excluding carboxylic acids is 2. The Morgan fingerprint density at radius 3 is 2.30 bits per heavy atom. The predicted octanol–water partition coefficient (Wildman–Crippen LogP) is 2.82. The number of nitrogens with zero attached hydrogens (tertiary/aromatic N) is 1. The molecule has 0 radical (unpaired) electrons. The molecule has 1 rings (SSSR count). The zero-order valence-electron chi connectivity index (χ0n) is 11.8. The normalized spacial score (nSPS) is 10.7. The van der Waals surface area contributed by atoms with Crippen molar-refractivity contribution in [2.24, 2.45) is 0 Å². The van der Waals surface area contributed by atoms with E-state index in [9.17, 15) is 9.59 Å². The smallest absolute Gasteiger partial charge is 0.316 e. The Bertz CT molecular complexity index is 524. The molecule has 20 heavy (non-hydrogen) atoms. The van der Waals surface area contributed by atoms with Gasteiger partial charge in [0.2, 0.25) is 0 Å². The number of ether oxygens (including phenoxy) is 1. The summed E-state index contributed by atoms with van der Waals surface area (Å²) < 4.78 is 5.15. The van der Waals surface area contributed by atoms with E-state index < -0.39 is 5.60 Å². The average Bonchev–Trinajstić information content (AvgIpc) is 2.36. The molecule has 1 aromatic carbocycles. The highest BCUT2D eigenvalue weighted by Crippen LogP contribution is 2.12. The zero-order valence-corrected chi connectivity index (χ0v) is 12.6. The fourth-order valence-corrected chi connectivity index (χ4v) is 2.09. The molecule has 0 atom stereocenters. The van der Waals surface area contributed by atoms with Gasteiger partial charge in [-0.1, -0.05) is 12.1 Å². The molecule has 0 N–H and O–H groups in total. The summed E-state index contributed by atoms with van der Waals surface area (Å²) in [7, 11) is 0. The van der Waals surface area contributed by atoms with Gasteiger partial charge >= 0.3 is 5.97 Å². The first kappa shape index (κ1) is 16.3. The summed E-state index contributed by atoms with van der Waals surface area (Å²) in [4.78, 5) is 23.3. The lowest BCUT2D eigenvalue weighted by molar-refractivity contribution is -0.151. The third-order valence-electron chi connectivity index (χ3n) is 2.21. The number of carbonyl (C=O) groups is 2. The zero-order chi connectivity index (χ0) is 15.2. The van der Waals surface area contributed by atoms with Crippen LogP contribution < -0.4 is 0 Å². The molecule has 0 aliphatic rings. The highest BCUT2D eigenvalue weighted by molar-refractivity contribution is 8.00. The van der Waals surface area contributed by atoms with Gasteiger partial charge in [0.05, 0.1) is 23.1 Å². The highest BCUT2D eigenvalue weighted by atomic mass is 32.2. The van der Waals surface area contributed by atoms with Crippen molar-refractivity contribution in [2.75, 3.05) is 11.5 Å². The van der Waals surface area contributed by atoms with Crippen LogP contribution in [0.1, 0.15) is 36.7 Å². The van der Waals surface area contributed by atoms with E-state index >= 15 is 0 Å². The number of hydrogen-bond acceptors (Lipinski definition) is 5. The Kier molecular flexibility index (Phi) is 5.78. The molecule has 0 aliphatic heterocycles. The van der Waals surface area contributed by atoms with Crippen LogP contribution in [-0.2, 0) is 9.53 Å². The molecule has 4 nitrogen and oxygen atoms in total. The molecule has 0 bridgehead atoms. The van der Waals surface area contributed by atoms with Crippen LogP contribution >= 0.6 is 11.8 Å². The van der Waals surface area contributed by atoms with Crippen LogP contribution in [0.4, 0.5) is 0 Å². The first-order valence-corrected chi connectivity index (χ1v) is 7.30. The van der Waals surface area contributed by atoms with Crippen molar-refractivity contribution in [3.05, 3.63) is 35.4 Å². The average molecular weight is 291 g/mol. The van der Waals surface area contributed by atoms with Crippen LogP contribution in [0.25, 0.3) is 0 Å². The summed E-state index contributed by atoms with van der Waals surface area (Å²) in [6, 6.07) is 8.44. The monoisotopic (exact) mass is 291 g/mol. The van der Waals surface area contributed by atoms with Crippen molar-refractivity contribution in [1.29, 1.82) is 5.26 Å². The number of Topliss-reactive ketones (excluding diaryl/α,β-unsaturated/α-hetero) is 1. The van der Waals surface area contributed by atoms with Crippen molar-refractivity contribution in [1.82, 2.24) is 0 Å². The van der Waals surface area contributed by atoms with Crippen molar-refractivity contribution in [3.63, 3.8) is 0 Å². The van der Waals surface area contributed by atoms with Crippen LogP contribution in [0, 0.1) is 11.3 Å². The maximum atomic E-state index is 11.9. The van der Waals surface area contributed by atoms with E-state index in [4.69, 9.17) is 10.00 Å². The number of benzene rings is 1. The fraction of sp³-hybridized carbons (Fsp3) is 0.400. The van der Waals surface area contributed by atoms with Gasteiger partial charge in [0, 0.05) is 5.56 Å². The Balaban J connectivity index is 2.40. The van der Waals surface area contributed by atoms with Crippen molar-refractivity contribution >= 4 is 23.5 Å². The Hall–Kier alpha value is -1.80. The number of thioether (sulfide) groups is 1. The van der Waals surface area contributed by atoms with Gasteiger partial charge in [-0.15, -0.1) is 11.8 Å². The molecule has 0 saturated carbocycles. The summed E-state index contributed by atoms with van der Waals surface area (Å²) in [6.07, 6.45) is 0. The van der Waals surface area contributed by atoms with Gasteiger partial charge in [0.1, 0.15) is 5.60 Å². The Morgan fingerprint density at radius 1 is 1.20 bits per heavy atom. The van der Waals surface area contributed by atoms with Gasteiger partial charge in [-0.05, 0) is 32.9 Å². The van der Waals surface area contributed by atoms with E-state index in [1.165, 1.54) is 11.8 Å².